The van der Waals surface area contributed by atoms with Gasteiger partial charge in [0.25, 0.3) is 0 Å². The lowest BCUT2D eigenvalue weighted by Gasteiger charge is -2.01. The molecule has 0 radical (unpaired) electrons. The van der Waals surface area contributed by atoms with Crippen molar-refractivity contribution in [1.29, 1.82) is 0 Å². The molecule has 1 heterocycles. The van der Waals surface area contributed by atoms with Gasteiger partial charge in [-0.3, -0.25) is 4.98 Å². The van der Waals surface area contributed by atoms with Crippen LogP contribution in [-0.4, -0.2) is 13.4 Å². The minimum absolute atomic E-state index is 0.0962. The quantitative estimate of drug-likeness (QED) is 0.867. The maximum atomic E-state index is 12.0. The van der Waals surface area contributed by atoms with Crippen molar-refractivity contribution in [2.75, 3.05) is 0 Å². The van der Waals surface area contributed by atoms with Gasteiger partial charge in [-0.2, -0.15) is 0 Å². The highest BCUT2D eigenvalue weighted by atomic mass is 35.5. The fourth-order valence-electron chi connectivity index (χ4n) is 1.38. The summed E-state index contributed by atoms with van der Waals surface area (Å²) in [5, 5.41) is 1.32. The molecule has 0 aliphatic rings. The standard InChI is InChI=1S/C13H10ClNO2S/c14-12-6-1-2-7-13(12)18(16,17)10-8-11-5-3-4-9-15-11/h1-10H/b10-8+. The van der Waals surface area contributed by atoms with Crippen LogP contribution in [0.1, 0.15) is 5.69 Å². The Labute approximate surface area is 111 Å². The van der Waals surface area contributed by atoms with Gasteiger partial charge in [-0.1, -0.05) is 29.8 Å². The first-order valence-electron chi connectivity index (χ1n) is 5.18. The van der Waals surface area contributed by atoms with Gasteiger partial charge < -0.3 is 0 Å². The summed E-state index contributed by atoms with van der Waals surface area (Å²) in [6, 6.07) is 11.6. The number of hydrogen-bond acceptors (Lipinski definition) is 3. The number of rotatable bonds is 3. The van der Waals surface area contributed by atoms with E-state index in [1.165, 1.54) is 12.1 Å². The SMILES string of the molecule is O=S(=O)(/C=C/c1ccccn1)c1ccccc1Cl. The molecule has 0 bridgehead atoms. The molecule has 0 aliphatic carbocycles. The van der Waals surface area contributed by atoms with E-state index in [0.29, 0.717) is 5.69 Å². The summed E-state index contributed by atoms with van der Waals surface area (Å²) in [6.45, 7) is 0. The summed E-state index contributed by atoms with van der Waals surface area (Å²) in [6.07, 6.45) is 3.04. The zero-order chi connectivity index (χ0) is 13.0. The Balaban J connectivity index is 2.34. The van der Waals surface area contributed by atoms with Crippen molar-refractivity contribution >= 4 is 27.5 Å². The molecule has 0 unspecified atom stereocenters. The van der Waals surface area contributed by atoms with Crippen LogP contribution in [0.4, 0.5) is 0 Å². The highest BCUT2D eigenvalue weighted by molar-refractivity contribution is 7.94. The van der Waals surface area contributed by atoms with Crippen LogP contribution in [0.25, 0.3) is 6.08 Å². The third-order valence-corrected chi connectivity index (χ3v) is 4.15. The summed E-state index contributed by atoms with van der Waals surface area (Å²) in [5.41, 5.74) is 0.577. The van der Waals surface area contributed by atoms with Gasteiger partial charge in [0.1, 0.15) is 0 Å². The van der Waals surface area contributed by atoms with E-state index >= 15 is 0 Å². The topological polar surface area (TPSA) is 47.0 Å². The number of aromatic nitrogens is 1. The van der Waals surface area contributed by atoms with Gasteiger partial charge in [-0.05, 0) is 30.3 Å². The maximum Gasteiger partial charge on any atom is 0.201 e. The third kappa shape index (κ3) is 2.97. The normalized spacial score (nSPS) is 11.8. The smallest absolute Gasteiger partial charge is 0.201 e. The maximum absolute atomic E-state index is 12.0. The first kappa shape index (κ1) is 12.8. The first-order valence-corrected chi connectivity index (χ1v) is 7.11. The molecule has 0 saturated heterocycles. The minimum Gasteiger partial charge on any atom is -0.257 e. The van der Waals surface area contributed by atoms with Gasteiger partial charge in [0.05, 0.1) is 15.6 Å². The van der Waals surface area contributed by atoms with Crippen molar-refractivity contribution < 1.29 is 8.42 Å². The lowest BCUT2D eigenvalue weighted by molar-refractivity contribution is 0.605. The molecule has 0 fully saturated rings. The van der Waals surface area contributed by atoms with Crippen molar-refractivity contribution in [3.63, 3.8) is 0 Å². The van der Waals surface area contributed by atoms with Crippen molar-refractivity contribution in [2.24, 2.45) is 0 Å². The molecule has 0 N–H and O–H groups in total. The van der Waals surface area contributed by atoms with Crippen LogP contribution in [-0.2, 0) is 9.84 Å². The van der Waals surface area contributed by atoms with E-state index in [1.807, 2.05) is 0 Å². The Morgan fingerprint density at radius 1 is 1.06 bits per heavy atom. The molecule has 0 amide bonds. The Bertz CT molecular complexity index is 666. The molecule has 0 aliphatic heterocycles. The zero-order valence-corrected chi connectivity index (χ0v) is 10.9. The molecule has 5 heteroatoms. The summed E-state index contributed by atoms with van der Waals surface area (Å²) in [7, 11) is -3.54. The van der Waals surface area contributed by atoms with E-state index in [9.17, 15) is 8.42 Å². The first-order chi connectivity index (χ1) is 8.59. The van der Waals surface area contributed by atoms with Crippen molar-refractivity contribution in [3.05, 3.63) is 64.8 Å². The number of sulfone groups is 1. The molecular weight excluding hydrogens is 270 g/mol. The molecule has 1 aromatic carbocycles. The molecule has 3 nitrogen and oxygen atoms in total. The van der Waals surface area contributed by atoms with Gasteiger partial charge in [0.15, 0.2) is 0 Å². The fourth-order valence-corrected chi connectivity index (χ4v) is 2.91. The van der Waals surface area contributed by atoms with Crippen LogP contribution in [0.5, 0.6) is 0 Å². The third-order valence-electron chi connectivity index (χ3n) is 2.25. The Morgan fingerprint density at radius 3 is 2.44 bits per heavy atom. The number of benzene rings is 1. The molecule has 0 spiro atoms. The Kier molecular flexibility index (Phi) is 3.79. The number of nitrogens with zero attached hydrogens (tertiary/aromatic N) is 1. The predicted octanol–water partition coefficient (Wildman–Crippen LogP) is 3.18. The number of hydrogen-bond donors (Lipinski definition) is 0. The molecule has 18 heavy (non-hydrogen) atoms. The highest BCUT2D eigenvalue weighted by Gasteiger charge is 2.13. The van der Waals surface area contributed by atoms with E-state index in [0.717, 1.165) is 5.41 Å². The number of halogens is 1. The molecule has 2 rings (SSSR count). The van der Waals surface area contributed by atoms with Crippen LogP contribution in [0.2, 0.25) is 5.02 Å². The Hall–Kier alpha value is -1.65. The van der Waals surface area contributed by atoms with Crippen LogP contribution in [0, 0.1) is 0 Å². The zero-order valence-electron chi connectivity index (χ0n) is 9.32. The van der Waals surface area contributed by atoms with Crippen molar-refractivity contribution in [3.8, 4) is 0 Å². The Morgan fingerprint density at radius 2 is 1.78 bits per heavy atom. The van der Waals surface area contributed by atoms with Gasteiger partial charge in [0, 0.05) is 11.6 Å². The summed E-state index contributed by atoms with van der Waals surface area (Å²) in [5.74, 6) is 0. The van der Waals surface area contributed by atoms with Gasteiger partial charge in [0.2, 0.25) is 9.84 Å². The summed E-state index contributed by atoms with van der Waals surface area (Å²) >= 11 is 5.86. The fraction of sp³-hybridized carbons (Fsp3) is 0. The molecule has 1 aromatic heterocycles. The van der Waals surface area contributed by atoms with Crippen LogP contribution >= 0.6 is 11.6 Å². The lowest BCUT2D eigenvalue weighted by atomic mass is 10.3. The largest absolute Gasteiger partial charge is 0.257 e. The lowest BCUT2D eigenvalue weighted by Crippen LogP contribution is -1.96. The molecule has 0 saturated carbocycles. The average Bonchev–Trinajstić information content (AvgIpc) is 2.38. The molecule has 2 aromatic rings. The second kappa shape index (κ2) is 5.33. The average molecular weight is 280 g/mol. The molecule has 0 atom stereocenters. The highest BCUT2D eigenvalue weighted by Crippen LogP contribution is 2.22. The monoisotopic (exact) mass is 279 g/mol. The predicted molar refractivity (Wildman–Crippen MR) is 71.9 cm³/mol. The summed E-state index contributed by atoms with van der Waals surface area (Å²) < 4.78 is 24.1. The van der Waals surface area contributed by atoms with Gasteiger partial charge in [-0.25, -0.2) is 8.42 Å². The van der Waals surface area contributed by atoms with Crippen LogP contribution in [0.15, 0.2) is 59.0 Å². The van der Waals surface area contributed by atoms with E-state index in [-0.39, 0.29) is 9.92 Å². The van der Waals surface area contributed by atoms with E-state index in [2.05, 4.69) is 4.98 Å². The van der Waals surface area contributed by atoms with Crippen molar-refractivity contribution in [2.45, 2.75) is 4.90 Å². The number of pyridine rings is 1. The minimum atomic E-state index is -3.54. The van der Waals surface area contributed by atoms with E-state index in [4.69, 9.17) is 11.6 Å². The van der Waals surface area contributed by atoms with Gasteiger partial charge >= 0.3 is 0 Å². The van der Waals surface area contributed by atoms with Crippen LogP contribution in [0.3, 0.4) is 0 Å². The van der Waals surface area contributed by atoms with Gasteiger partial charge in [-0.15, -0.1) is 0 Å². The molecule has 92 valence electrons. The van der Waals surface area contributed by atoms with Crippen LogP contribution < -0.4 is 0 Å². The summed E-state index contributed by atoms with van der Waals surface area (Å²) in [4.78, 5) is 4.11. The second-order valence-corrected chi connectivity index (χ2v) is 5.74. The van der Waals surface area contributed by atoms with E-state index < -0.39 is 9.84 Å². The second-order valence-electron chi connectivity index (χ2n) is 3.53. The molecular formula is C13H10ClNO2S. The van der Waals surface area contributed by atoms with Crippen molar-refractivity contribution in [1.82, 2.24) is 4.98 Å². The van der Waals surface area contributed by atoms with E-state index in [1.54, 1.807) is 42.6 Å².